The van der Waals surface area contributed by atoms with Crippen LogP contribution in [-0.4, -0.2) is 29.6 Å². The third kappa shape index (κ3) is 3.86. The monoisotopic (exact) mass is 290 g/mol. The molecule has 1 aromatic rings. The van der Waals surface area contributed by atoms with Crippen LogP contribution in [0.3, 0.4) is 0 Å². The standard InChI is InChI=1S/C17H30N4/c1-5-8-14-10-11-21(12-14)17-13(4)16(18-7-3)19-15(20-17)9-6-2/h14H,5-12H2,1-4H3,(H,18,19,20). The van der Waals surface area contributed by atoms with Crippen molar-refractivity contribution in [1.82, 2.24) is 9.97 Å². The van der Waals surface area contributed by atoms with Gasteiger partial charge in [-0.25, -0.2) is 9.97 Å². The number of hydrogen-bond donors (Lipinski definition) is 1. The Kier molecular flexibility index (Phi) is 5.83. The van der Waals surface area contributed by atoms with Gasteiger partial charge in [0.05, 0.1) is 0 Å². The summed E-state index contributed by atoms with van der Waals surface area (Å²) in [6.45, 7) is 11.9. The van der Waals surface area contributed by atoms with Crippen LogP contribution in [0.5, 0.6) is 0 Å². The van der Waals surface area contributed by atoms with Crippen LogP contribution in [0, 0.1) is 12.8 Å². The molecule has 1 atom stereocenters. The largest absolute Gasteiger partial charge is 0.370 e. The molecule has 2 rings (SSSR count). The van der Waals surface area contributed by atoms with Gasteiger partial charge >= 0.3 is 0 Å². The molecule has 4 nitrogen and oxygen atoms in total. The van der Waals surface area contributed by atoms with Crippen LogP contribution >= 0.6 is 0 Å². The smallest absolute Gasteiger partial charge is 0.137 e. The molecule has 0 bridgehead atoms. The van der Waals surface area contributed by atoms with Crippen molar-refractivity contribution in [1.29, 1.82) is 0 Å². The summed E-state index contributed by atoms with van der Waals surface area (Å²) < 4.78 is 0. The minimum absolute atomic E-state index is 0.835. The average molecular weight is 290 g/mol. The van der Waals surface area contributed by atoms with Gasteiger partial charge in [0.25, 0.3) is 0 Å². The summed E-state index contributed by atoms with van der Waals surface area (Å²) in [5, 5.41) is 3.40. The zero-order valence-corrected chi connectivity index (χ0v) is 14.1. The Hall–Kier alpha value is -1.32. The van der Waals surface area contributed by atoms with E-state index in [-0.39, 0.29) is 0 Å². The molecule has 2 heterocycles. The number of hydrogen-bond acceptors (Lipinski definition) is 4. The first-order valence-electron chi connectivity index (χ1n) is 8.55. The zero-order chi connectivity index (χ0) is 15.2. The van der Waals surface area contributed by atoms with E-state index in [2.05, 4.69) is 37.9 Å². The van der Waals surface area contributed by atoms with Crippen molar-refractivity contribution in [3.05, 3.63) is 11.4 Å². The van der Waals surface area contributed by atoms with Gasteiger partial charge in [0.2, 0.25) is 0 Å². The highest BCUT2D eigenvalue weighted by Gasteiger charge is 2.25. The molecule has 0 aromatic carbocycles. The molecule has 0 amide bonds. The van der Waals surface area contributed by atoms with Crippen molar-refractivity contribution in [3.8, 4) is 0 Å². The Bertz CT molecular complexity index is 458. The van der Waals surface area contributed by atoms with Crippen molar-refractivity contribution < 1.29 is 0 Å². The Morgan fingerprint density at radius 1 is 1.19 bits per heavy atom. The predicted octanol–water partition coefficient (Wildman–Crippen LogP) is 3.80. The van der Waals surface area contributed by atoms with Gasteiger partial charge in [0.15, 0.2) is 0 Å². The van der Waals surface area contributed by atoms with E-state index < -0.39 is 0 Å². The molecule has 1 aliphatic rings. The van der Waals surface area contributed by atoms with Crippen LogP contribution in [-0.2, 0) is 6.42 Å². The van der Waals surface area contributed by atoms with Crippen molar-refractivity contribution >= 4 is 11.6 Å². The molecular weight excluding hydrogens is 260 g/mol. The second-order valence-electron chi connectivity index (χ2n) is 6.11. The Labute approximate surface area is 129 Å². The summed E-state index contributed by atoms with van der Waals surface area (Å²) in [4.78, 5) is 12.0. The lowest BCUT2D eigenvalue weighted by atomic mass is 10.0. The van der Waals surface area contributed by atoms with Crippen LogP contribution in [0.15, 0.2) is 0 Å². The molecule has 0 aliphatic carbocycles. The van der Waals surface area contributed by atoms with Crippen LogP contribution < -0.4 is 10.2 Å². The molecule has 0 saturated carbocycles. The van der Waals surface area contributed by atoms with Crippen molar-refractivity contribution in [2.75, 3.05) is 29.9 Å². The maximum Gasteiger partial charge on any atom is 0.137 e. The molecule has 21 heavy (non-hydrogen) atoms. The van der Waals surface area contributed by atoms with E-state index in [1.165, 1.54) is 24.8 Å². The highest BCUT2D eigenvalue weighted by atomic mass is 15.2. The van der Waals surface area contributed by atoms with E-state index in [4.69, 9.17) is 9.97 Å². The first-order chi connectivity index (χ1) is 10.2. The number of nitrogens with one attached hydrogen (secondary N) is 1. The van der Waals surface area contributed by atoms with Crippen molar-refractivity contribution in [2.24, 2.45) is 5.92 Å². The minimum Gasteiger partial charge on any atom is -0.370 e. The van der Waals surface area contributed by atoms with E-state index in [0.29, 0.717) is 0 Å². The van der Waals surface area contributed by atoms with Crippen LogP contribution in [0.1, 0.15) is 57.8 Å². The van der Waals surface area contributed by atoms with Crippen molar-refractivity contribution in [3.63, 3.8) is 0 Å². The lowest BCUT2D eigenvalue weighted by molar-refractivity contribution is 0.529. The molecule has 118 valence electrons. The van der Waals surface area contributed by atoms with E-state index in [9.17, 15) is 0 Å². The van der Waals surface area contributed by atoms with Crippen LogP contribution in [0.25, 0.3) is 0 Å². The van der Waals surface area contributed by atoms with Gasteiger partial charge in [-0.2, -0.15) is 0 Å². The molecule has 1 saturated heterocycles. The first-order valence-corrected chi connectivity index (χ1v) is 8.55. The van der Waals surface area contributed by atoms with Gasteiger partial charge in [-0.1, -0.05) is 20.3 Å². The topological polar surface area (TPSA) is 41.1 Å². The summed E-state index contributed by atoms with van der Waals surface area (Å²) in [7, 11) is 0. The number of rotatable bonds is 7. The maximum atomic E-state index is 4.86. The highest BCUT2D eigenvalue weighted by Crippen LogP contribution is 2.30. The number of nitrogens with zero attached hydrogens (tertiary/aromatic N) is 3. The summed E-state index contributed by atoms with van der Waals surface area (Å²) in [6.07, 6.45) is 5.97. The van der Waals surface area contributed by atoms with Crippen molar-refractivity contribution in [2.45, 2.75) is 59.8 Å². The van der Waals surface area contributed by atoms with Gasteiger partial charge in [0.1, 0.15) is 17.5 Å². The second-order valence-corrected chi connectivity index (χ2v) is 6.11. The molecule has 1 N–H and O–H groups in total. The second kappa shape index (κ2) is 7.62. The van der Waals surface area contributed by atoms with Gasteiger partial charge in [-0.05, 0) is 39.0 Å². The Morgan fingerprint density at radius 2 is 2.00 bits per heavy atom. The van der Waals surface area contributed by atoms with E-state index >= 15 is 0 Å². The van der Waals surface area contributed by atoms with Gasteiger partial charge in [-0.15, -0.1) is 0 Å². The molecule has 1 fully saturated rings. The van der Waals surface area contributed by atoms with E-state index in [0.717, 1.165) is 55.9 Å². The molecule has 1 unspecified atom stereocenters. The Morgan fingerprint density at radius 3 is 2.67 bits per heavy atom. The fraction of sp³-hybridized carbons (Fsp3) is 0.765. The lowest BCUT2D eigenvalue weighted by Crippen LogP contribution is -2.23. The fourth-order valence-corrected chi connectivity index (χ4v) is 3.20. The average Bonchev–Trinajstić information content (AvgIpc) is 2.91. The quantitative estimate of drug-likeness (QED) is 0.829. The highest BCUT2D eigenvalue weighted by molar-refractivity contribution is 5.59. The number of aryl methyl sites for hydroxylation is 1. The van der Waals surface area contributed by atoms with E-state index in [1.54, 1.807) is 0 Å². The van der Waals surface area contributed by atoms with Gasteiger partial charge in [0, 0.05) is 31.6 Å². The molecule has 4 heteroatoms. The molecular formula is C17H30N4. The van der Waals surface area contributed by atoms with Crippen LogP contribution in [0.2, 0.25) is 0 Å². The lowest BCUT2D eigenvalue weighted by Gasteiger charge is -2.22. The molecule has 1 aliphatic heterocycles. The van der Waals surface area contributed by atoms with Crippen LogP contribution in [0.4, 0.5) is 11.6 Å². The molecule has 0 radical (unpaired) electrons. The fourth-order valence-electron chi connectivity index (χ4n) is 3.20. The number of aromatic nitrogens is 2. The first kappa shape index (κ1) is 16.1. The third-order valence-electron chi connectivity index (χ3n) is 4.27. The SMILES string of the molecule is CCCc1nc(NCC)c(C)c(N2CCC(CCC)C2)n1. The Balaban J connectivity index is 2.24. The zero-order valence-electron chi connectivity index (χ0n) is 14.1. The summed E-state index contributed by atoms with van der Waals surface area (Å²) in [5.41, 5.74) is 1.20. The summed E-state index contributed by atoms with van der Waals surface area (Å²) >= 11 is 0. The summed E-state index contributed by atoms with van der Waals surface area (Å²) in [6, 6.07) is 0. The third-order valence-corrected chi connectivity index (χ3v) is 4.27. The minimum atomic E-state index is 0.835. The maximum absolute atomic E-state index is 4.86. The number of anilines is 2. The van der Waals surface area contributed by atoms with Gasteiger partial charge in [-0.3, -0.25) is 0 Å². The normalized spacial score (nSPS) is 18.3. The summed E-state index contributed by atoms with van der Waals surface area (Å²) in [5.74, 6) is 3.99. The van der Waals surface area contributed by atoms with Gasteiger partial charge < -0.3 is 10.2 Å². The molecule has 0 spiro atoms. The van der Waals surface area contributed by atoms with E-state index in [1.807, 2.05) is 0 Å². The molecule has 1 aromatic heterocycles. The predicted molar refractivity (Wildman–Crippen MR) is 90.2 cm³/mol.